The SMILES string of the molecule is O=[C]Cc1ccc(C[C]=O)cc1. The molecule has 0 bridgehead atoms. The lowest BCUT2D eigenvalue weighted by Gasteiger charge is -1.96. The largest absolute Gasteiger partial charge is 0.291 e. The molecular weight excluding hydrogens is 152 g/mol. The molecule has 0 aliphatic rings. The van der Waals surface area contributed by atoms with Crippen LogP contribution in [0.25, 0.3) is 0 Å². The van der Waals surface area contributed by atoms with E-state index in [-0.39, 0.29) is 0 Å². The highest BCUT2D eigenvalue weighted by molar-refractivity contribution is 5.57. The van der Waals surface area contributed by atoms with Gasteiger partial charge in [0, 0.05) is 12.8 Å². The van der Waals surface area contributed by atoms with Gasteiger partial charge in [-0.25, -0.2) is 0 Å². The van der Waals surface area contributed by atoms with Crippen molar-refractivity contribution in [2.45, 2.75) is 12.8 Å². The second-order valence-corrected chi connectivity index (χ2v) is 2.46. The molecule has 1 aromatic rings. The van der Waals surface area contributed by atoms with Crippen molar-refractivity contribution in [2.24, 2.45) is 0 Å². The summed E-state index contributed by atoms with van der Waals surface area (Å²) in [6.07, 6.45) is 4.24. The number of hydrogen-bond acceptors (Lipinski definition) is 2. The summed E-state index contributed by atoms with van der Waals surface area (Å²) in [5.74, 6) is 0. The Kier molecular flexibility index (Phi) is 3.20. The average molecular weight is 160 g/mol. The van der Waals surface area contributed by atoms with Crippen LogP contribution in [0.4, 0.5) is 0 Å². The lowest BCUT2D eigenvalue weighted by molar-refractivity contribution is 0.554. The zero-order valence-electron chi connectivity index (χ0n) is 6.54. The van der Waals surface area contributed by atoms with E-state index < -0.39 is 0 Å². The third-order valence-corrected chi connectivity index (χ3v) is 1.58. The molecule has 2 heteroatoms. The van der Waals surface area contributed by atoms with Gasteiger partial charge in [-0.2, -0.15) is 0 Å². The van der Waals surface area contributed by atoms with Crippen LogP contribution in [0.2, 0.25) is 0 Å². The maximum atomic E-state index is 10.00. The van der Waals surface area contributed by atoms with Gasteiger partial charge < -0.3 is 0 Å². The van der Waals surface area contributed by atoms with Crippen LogP contribution in [0.1, 0.15) is 11.1 Å². The Bertz CT molecular complexity index is 233. The molecule has 0 N–H and O–H groups in total. The van der Waals surface area contributed by atoms with Crippen LogP contribution in [0, 0.1) is 0 Å². The van der Waals surface area contributed by atoms with Crippen molar-refractivity contribution in [3.63, 3.8) is 0 Å². The molecule has 1 rings (SSSR count). The molecule has 60 valence electrons. The summed E-state index contributed by atoms with van der Waals surface area (Å²) in [5.41, 5.74) is 1.83. The Balaban J connectivity index is 2.70. The van der Waals surface area contributed by atoms with Crippen LogP contribution < -0.4 is 0 Å². The van der Waals surface area contributed by atoms with Gasteiger partial charge in [-0.3, -0.25) is 9.59 Å². The summed E-state index contributed by atoms with van der Waals surface area (Å²) < 4.78 is 0. The quantitative estimate of drug-likeness (QED) is 0.658. The van der Waals surface area contributed by atoms with Gasteiger partial charge >= 0.3 is 0 Å². The molecule has 12 heavy (non-hydrogen) atoms. The number of rotatable bonds is 4. The van der Waals surface area contributed by atoms with Gasteiger partial charge in [-0.15, -0.1) is 0 Å². The third kappa shape index (κ3) is 2.31. The number of carbonyl (C=O) groups excluding carboxylic acids is 2. The van der Waals surface area contributed by atoms with Crippen LogP contribution in [0.3, 0.4) is 0 Å². The molecule has 0 amide bonds. The molecule has 0 spiro atoms. The highest BCUT2D eigenvalue weighted by Gasteiger charge is 1.93. The van der Waals surface area contributed by atoms with Gasteiger partial charge in [-0.1, -0.05) is 24.3 Å². The van der Waals surface area contributed by atoms with Crippen LogP contribution in [0.15, 0.2) is 24.3 Å². The second-order valence-electron chi connectivity index (χ2n) is 2.46. The molecule has 0 aromatic heterocycles. The zero-order chi connectivity index (χ0) is 8.81. The third-order valence-electron chi connectivity index (χ3n) is 1.58. The Hall–Kier alpha value is -1.44. The summed E-state index contributed by atoms with van der Waals surface area (Å²) in [6, 6.07) is 7.27. The van der Waals surface area contributed by atoms with E-state index in [1.165, 1.54) is 0 Å². The van der Waals surface area contributed by atoms with Crippen molar-refractivity contribution in [1.29, 1.82) is 0 Å². The van der Waals surface area contributed by atoms with Gasteiger partial charge in [0.15, 0.2) is 0 Å². The first kappa shape index (κ1) is 8.65. The minimum atomic E-state index is 0.311. The van der Waals surface area contributed by atoms with Crippen LogP contribution in [-0.4, -0.2) is 12.6 Å². The predicted octanol–water partition coefficient (Wildman–Crippen LogP) is 0.991. The molecule has 0 aliphatic heterocycles. The Morgan fingerprint density at radius 2 is 1.17 bits per heavy atom. The molecule has 1 aromatic carbocycles. The van der Waals surface area contributed by atoms with E-state index in [0.29, 0.717) is 12.8 Å². The minimum Gasteiger partial charge on any atom is -0.291 e. The number of benzene rings is 1. The summed E-state index contributed by atoms with van der Waals surface area (Å²) in [5, 5.41) is 0. The molecule has 0 fully saturated rings. The Labute approximate surface area is 71.2 Å². The highest BCUT2D eigenvalue weighted by atomic mass is 16.1. The molecule has 2 radical (unpaired) electrons. The maximum Gasteiger partial charge on any atom is 0.203 e. The average Bonchev–Trinajstić information content (AvgIpc) is 2.09. The predicted molar refractivity (Wildman–Crippen MR) is 45.2 cm³/mol. The molecule has 0 saturated heterocycles. The van der Waals surface area contributed by atoms with Crippen LogP contribution in [-0.2, 0) is 22.4 Å². The second kappa shape index (κ2) is 4.44. The lowest BCUT2D eigenvalue weighted by atomic mass is 10.1. The topological polar surface area (TPSA) is 34.1 Å². The van der Waals surface area contributed by atoms with Crippen molar-refractivity contribution >= 4 is 12.6 Å². The first-order valence-corrected chi connectivity index (χ1v) is 3.64. The van der Waals surface area contributed by atoms with Crippen molar-refractivity contribution in [1.82, 2.24) is 0 Å². The van der Waals surface area contributed by atoms with Gasteiger partial charge in [-0.05, 0) is 11.1 Å². The van der Waals surface area contributed by atoms with E-state index >= 15 is 0 Å². The molecule has 0 heterocycles. The number of hydrogen-bond donors (Lipinski definition) is 0. The summed E-state index contributed by atoms with van der Waals surface area (Å²) in [6.45, 7) is 0. The first-order chi connectivity index (χ1) is 5.86. The van der Waals surface area contributed by atoms with E-state index in [0.717, 1.165) is 11.1 Å². The van der Waals surface area contributed by atoms with Crippen molar-refractivity contribution < 1.29 is 9.59 Å². The monoisotopic (exact) mass is 160 g/mol. The fourth-order valence-corrected chi connectivity index (χ4v) is 0.942. The molecule has 0 unspecified atom stereocenters. The van der Waals surface area contributed by atoms with Gasteiger partial charge in [0.05, 0.1) is 0 Å². The fourth-order valence-electron chi connectivity index (χ4n) is 0.942. The van der Waals surface area contributed by atoms with Crippen molar-refractivity contribution in [3.05, 3.63) is 35.4 Å². The van der Waals surface area contributed by atoms with Crippen molar-refractivity contribution in [3.8, 4) is 0 Å². The maximum absolute atomic E-state index is 10.00. The van der Waals surface area contributed by atoms with E-state index in [4.69, 9.17) is 0 Å². The molecule has 2 nitrogen and oxygen atoms in total. The Morgan fingerprint density at radius 1 is 0.833 bits per heavy atom. The van der Waals surface area contributed by atoms with Gasteiger partial charge in [0.1, 0.15) is 0 Å². The standard InChI is InChI=1S/C10H8O2/c11-7-5-9-1-2-10(4-3-9)6-8-12/h1-4H,5-6H2. The summed E-state index contributed by atoms with van der Waals surface area (Å²) in [4.78, 5) is 20.0. The van der Waals surface area contributed by atoms with E-state index in [9.17, 15) is 9.59 Å². The minimum absolute atomic E-state index is 0.311. The van der Waals surface area contributed by atoms with E-state index in [1.807, 2.05) is 36.8 Å². The first-order valence-electron chi connectivity index (χ1n) is 3.64. The molecule has 0 saturated carbocycles. The lowest BCUT2D eigenvalue weighted by Crippen LogP contribution is -1.88. The summed E-state index contributed by atoms with van der Waals surface area (Å²) in [7, 11) is 0. The fraction of sp³-hybridized carbons (Fsp3) is 0.200. The smallest absolute Gasteiger partial charge is 0.203 e. The van der Waals surface area contributed by atoms with E-state index in [2.05, 4.69) is 0 Å². The zero-order valence-corrected chi connectivity index (χ0v) is 6.54. The molecule has 0 aliphatic carbocycles. The summed E-state index contributed by atoms with van der Waals surface area (Å²) >= 11 is 0. The van der Waals surface area contributed by atoms with Crippen molar-refractivity contribution in [2.75, 3.05) is 0 Å². The molecule has 0 atom stereocenters. The van der Waals surface area contributed by atoms with Gasteiger partial charge in [0.25, 0.3) is 0 Å². The van der Waals surface area contributed by atoms with Gasteiger partial charge in [0.2, 0.25) is 12.6 Å². The molecular formula is C10H8O2. The Morgan fingerprint density at radius 3 is 1.42 bits per heavy atom. The highest BCUT2D eigenvalue weighted by Crippen LogP contribution is 2.03. The van der Waals surface area contributed by atoms with Crippen LogP contribution in [0.5, 0.6) is 0 Å². The van der Waals surface area contributed by atoms with E-state index in [1.54, 1.807) is 0 Å². The van der Waals surface area contributed by atoms with Crippen LogP contribution >= 0.6 is 0 Å². The normalized spacial score (nSPS) is 9.33.